The van der Waals surface area contributed by atoms with Gasteiger partial charge in [-0.2, -0.15) is 13.5 Å². The van der Waals surface area contributed by atoms with E-state index in [1.54, 1.807) is 24.0 Å². The Balaban J connectivity index is 0.000000782. The smallest absolute Gasteiger partial charge is 0.261 e. The SMILES string of the molecule is CS(=O)(=O)O.Cc1nn(C)cc1-c1cc(Oc2cc(F)c(N(C(=O)C3(C(N)=O)CC3)c3ccc(F)cc3)cc2F)ccn1. The van der Waals surface area contributed by atoms with Crippen molar-refractivity contribution in [3.8, 4) is 22.8 Å². The zero-order valence-corrected chi connectivity index (χ0v) is 23.9. The molecule has 4 aromatic rings. The summed E-state index contributed by atoms with van der Waals surface area (Å²) < 4.78 is 77.4. The number of primary amides is 1. The third-order valence-corrected chi connectivity index (χ3v) is 6.41. The molecule has 11 nitrogen and oxygen atoms in total. The molecule has 1 aliphatic carbocycles. The predicted molar refractivity (Wildman–Crippen MR) is 149 cm³/mol. The van der Waals surface area contributed by atoms with E-state index in [0.717, 1.165) is 40.4 Å². The first kappa shape index (κ1) is 31.2. The quantitative estimate of drug-likeness (QED) is 0.228. The molecule has 0 spiro atoms. The van der Waals surface area contributed by atoms with Crippen molar-refractivity contribution in [2.45, 2.75) is 19.8 Å². The van der Waals surface area contributed by atoms with Gasteiger partial charge in [-0.05, 0) is 50.1 Å². The summed E-state index contributed by atoms with van der Waals surface area (Å²) in [7, 11) is -1.90. The maximum absolute atomic E-state index is 15.5. The first-order valence-corrected chi connectivity index (χ1v) is 14.4. The minimum absolute atomic E-state index is 0.0431. The van der Waals surface area contributed by atoms with Crippen molar-refractivity contribution in [3.63, 3.8) is 0 Å². The topological polar surface area (TPSA) is 158 Å². The normalized spacial score (nSPS) is 13.5. The number of aryl methyl sites for hydroxylation is 2. The fourth-order valence-corrected chi connectivity index (χ4v) is 4.23. The molecule has 43 heavy (non-hydrogen) atoms. The highest BCUT2D eigenvalue weighted by molar-refractivity contribution is 7.85. The summed E-state index contributed by atoms with van der Waals surface area (Å²) in [4.78, 5) is 30.6. The lowest BCUT2D eigenvalue weighted by Gasteiger charge is -2.27. The van der Waals surface area contributed by atoms with Gasteiger partial charge < -0.3 is 10.5 Å². The molecule has 0 aliphatic heterocycles. The van der Waals surface area contributed by atoms with Crippen LogP contribution in [0.2, 0.25) is 0 Å². The van der Waals surface area contributed by atoms with Crippen LogP contribution in [0.3, 0.4) is 0 Å². The maximum atomic E-state index is 15.5. The van der Waals surface area contributed by atoms with E-state index in [1.807, 2.05) is 6.92 Å². The van der Waals surface area contributed by atoms with E-state index in [-0.39, 0.29) is 24.3 Å². The van der Waals surface area contributed by atoms with Gasteiger partial charge in [0.2, 0.25) is 11.8 Å². The van der Waals surface area contributed by atoms with E-state index in [4.69, 9.17) is 15.0 Å². The lowest BCUT2D eigenvalue weighted by molar-refractivity contribution is -0.133. The van der Waals surface area contributed by atoms with Gasteiger partial charge in [0.05, 0.1) is 23.3 Å². The molecule has 1 aliphatic rings. The van der Waals surface area contributed by atoms with Crippen molar-refractivity contribution in [1.29, 1.82) is 0 Å². The number of amides is 2. The van der Waals surface area contributed by atoms with E-state index in [0.29, 0.717) is 11.9 Å². The Hall–Kier alpha value is -4.76. The number of anilines is 2. The fraction of sp³-hybridized carbons (Fsp3) is 0.214. The second-order valence-electron chi connectivity index (χ2n) is 9.81. The van der Waals surface area contributed by atoms with Crippen LogP contribution in [0.1, 0.15) is 18.5 Å². The predicted octanol–water partition coefficient (Wildman–Crippen LogP) is 4.43. The van der Waals surface area contributed by atoms with Crippen molar-refractivity contribution >= 4 is 33.3 Å². The molecule has 15 heteroatoms. The molecular formula is C28H26F3N5O6S. The molecule has 0 bridgehead atoms. The van der Waals surface area contributed by atoms with E-state index < -0.39 is 56.2 Å². The minimum atomic E-state index is -3.67. The van der Waals surface area contributed by atoms with Crippen LogP contribution in [0.25, 0.3) is 11.3 Å². The molecule has 3 N–H and O–H groups in total. The van der Waals surface area contributed by atoms with Crippen molar-refractivity contribution in [2.75, 3.05) is 11.2 Å². The van der Waals surface area contributed by atoms with Crippen molar-refractivity contribution in [1.82, 2.24) is 14.8 Å². The number of hydrogen-bond donors (Lipinski definition) is 2. The highest BCUT2D eigenvalue weighted by atomic mass is 32.2. The van der Waals surface area contributed by atoms with Crippen LogP contribution in [-0.2, 0) is 26.8 Å². The van der Waals surface area contributed by atoms with Gasteiger partial charge in [-0.15, -0.1) is 0 Å². The molecule has 0 radical (unpaired) electrons. The summed E-state index contributed by atoms with van der Waals surface area (Å²) in [6, 6.07) is 9.22. The number of pyridine rings is 1. The minimum Gasteiger partial charge on any atom is -0.454 e. The van der Waals surface area contributed by atoms with Gasteiger partial charge in [-0.1, -0.05) is 0 Å². The first-order chi connectivity index (χ1) is 20.1. The molecule has 5 rings (SSSR count). The van der Waals surface area contributed by atoms with Gasteiger partial charge in [0, 0.05) is 48.9 Å². The van der Waals surface area contributed by atoms with Crippen molar-refractivity contribution in [3.05, 3.63) is 84.1 Å². The summed E-state index contributed by atoms with van der Waals surface area (Å²) in [6.07, 6.45) is 4.30. The number of nitrogens with two attached hydrogens (primary N) is 1. The van der Waals surface area contributed by atoms with Crippen molar-refractivity contribution in [2.24, 2.45) is 18.2 Å². The Morgan fingerprint density at radius 2 is 1.70 bits per heavy atom. The second-order valence-corrected chi connectivity index (χ2v) is 11.3. The van der Waals surface area contributed by atoms with Gasteiger partial charge in [0.15, 0.2) is 17.4 Å². The summed E-state index contributed by atoms with van der Waals surface area (Å²) >= 11 is 0. The zero-order valence-electron chi connectivity index (χ0n) is 23.1. The average molecular weight is 618 g/mol. The van der Waals surface area contributed by atoms with E-state index >= 15 is 8.78 Å². The number of benzene rings is 2. The fourth-order valence-electron chi connectivity index (χ4n) is 4.23. The average Bonchev–Trinajstić information content (AvgIpc) is 3.66. The van der Waals surface area contributed by atoms with E-state index in [1.165, 1.54) is 24.4 Å². The molecule has 2 heterocycles. The molecule has 0 atom stereocenters. The Morgan fingerprint density at radius 3 is 2.23 bits per heavy atom. The number of carbonyl (C=O) groups excluding carboxylic acids is 2. The van der Waals surface area contributed by atoms with Crippen molar-refractivity contribution < 1.29 is 40.5 Å². The summed E-state index contributed by atoms with van der Waals surface area (Å²) in [6.45, 7) is 1.82. The highest BCUT2D eigenvalue weighted by Gasteiger charge is 2.57. The third kappa shape index (κ3) is 7.18. The second kappa shape index (κ2) is 11.9. The van der Waals surface area contributed by atoms with Crippen LogP contribution in [-0.4, -0.2) is 45.8 Å². The van der Waals surface area contributed by atoms with Crippen LogP contribution in [0, 0.1) is 29.8 Å². The molecule has 2 amide bonds. The molecule has 0 unspecified atom stereocenters. The number of aromatic nitrogens is 3. The summed E-state index contributed by atoms with van der Waals surface area (Å²) in [5, 5.41) is 4.27. The lowest BCUT2D eigenvalue weighted by atomic mass is 10.0. The molecule has 2 aromatic carbocycles. The number of nitrogens with zero attached hydrogens (tertiary/aromatic N) is 4. The van der Waals surface area contributed by atoms with Crippen LogP contribution in [0.15, 0.2) is 60.9 Å². The number of carbonyl (C=O) groups is 2. The van der Waals surface area contributed by atoms with Crippen LogP contribution >= 0.6 is 0 Å². The number of halogens is 3. The van der Waals surface area contributed by atoms with E-state index in [2.05, 4.69) is 10.1 Å². The number of rotatable bonds is 7. The Bertz CT molecular complexity index is 1800. The third-order valence-electron chi connectivity index (χ3n) is 6.41. The largest absolute Gasteiger partial charge is 0.454 e. The van der Waals surface area contributed by atoms with Crippen LogP contribution in [0.5, 0.6) is 11.5 Å². The molecule has 0 saturated heterocycles. The standard InChI is InChI=1S/C27H22F3N5O3.CH4O3S/c1-15-19(14-34(2)33-15)22-11-18(7-10-32-22)38-24-13-20(29)23(12-21(24)30)35(17-5-3-16(28)4-6-17)26(37)27(8-9-27)25(31)36;1-5(2,3)4/h3-7,10-14H,8-9H2,1-2H3,(H2,31,36);1H3,(H,2,3,4). The first-order valence-electron chi connectivity index (χ1n) is 12.5. The summed E-state index contributed by atoms with van der Waals surface area (Å²) in [5.41, 5.74) is 5.49. The Kier molecular flexibility index (Phi) is 8.59. The Morgan fingerprint density at radius 1 is 1.07 bits per heavy atom. The van der Waals surface area contributed by atoms with E-state index in [9.17, 15) is 22.4 Å². The molecule has 1 saturated carbocycles. The van der Waals surface area contributed by atoms with Crippen LogP contribution < -0.4 is 15.4 Å². The summed E-state index contributed by atoms with van der Waals surface area (Å²) in [5.74, 6) is -4.50. The monoisotopic (exact) mass is 617 g/mol. The van der Waals surface area contributed by atoms with Gasteiger partial charge in [-0.3, -0.25) is 28.7 Å². The van der Waals surface area contributed by atoms with Gasteiger partial charge >= 0.3 is 0 Å². The van der Waals surface area contributed by atoms with Gasteiger partial charge in [0.1, 0.15) is 17.0 Å². The van der Waals surface area contributed by atoms with Gasteiger partial charge in [0.25, 0.3) is 10.1 Å². The number of ether oxygens (including phenoxy) is 1. The van der Waals surface area contributed by atoms with Gasteiger partial charge in [-0.25, -0.2) is 13.2 Å². The molecular weight excluding hydrogens is 591 g/mol. The molecule has 1 fully saturated rings. The maximum Gasteiger partial charge on any atom is 0.261 e. The molecule has 226 valence electrons. The number of hydrogen-bond acceptors (Lipinski definition) is 7. The van der Waals surface area contributed by atoms with Crippen LogP contribution in [0.4, 0.5) is 24.5 Å². The Labute approximate surface area is 244 Å². The lowest BCUT2D eigenvalue weighted by Crippen LogP contribution is -2.41. The zero-order chi connectivity index (χ0) is 31.7. The highest BCUT2D eigenvalue weighted by Crippen LogP contribution is 2.49. The molecule has 2 aromatic heterocycles.